The van der Waals surface area contributed by atoms with Crippen LogP contribution in [0.15, 0.2) is 48.8 Å². The third-order valence-corrected chi connectivity index (χ3v) is 5.38. The van der Waals surface area contributed by atoms with Crippen LogP contribution < -0.4 is 5.73 Å². The summed E-state index contributed by atoms with van der Waals surface area (Å²) in [6.07, 6.45) is 6.98. The second-order valence-corrected chi connectivity index (χ2v) is 7.43. The number of hydrogen-bond donors (Lipinski definition) is 1. The standard InChI is InChI=1S/C22H27N3O2/c1-2-6-20(26)25-12-5-10-22(16-25,21(23)27)14-17-7-3-8-18(13-17)19-9-4-11-24-15-19/h3-4,7-9,11,13,15H,2,5-6,10,12,14,16H2,1H3,(H2,23,27). The van der Waals surface area contributed by atoms with Crippen LogP contribution in [0.5, 0.6) is 0 Å². The van der Waals surface area contributed by atoms with Gasteiger partial charge in [-0.3, -0.25) is 14.6 Å². The van der Waals surface area contributed by atoms with Gasteiger partial charge in [-0.1, -0.05) is 37.3 Å². The van der Waals surface area contributed by atoms with Crippen molar-refractivity contribution < 1.29 is 9.59 Å². The molecule has 1 aliphatic heterocycles. The Bertz CT molecular complexity index is 806. The van der Waals surface area contributed by atoms with Crippen LogP contribution in [-0.4, -0.2) is 34.8 Å². The molecule has 2 aromatic rings. The van der Waals surface area contributed by atoms with Crippen molar-refractivity contribution in [1.82, 2.24) is 9.88 Å². The lowest BCUT2D eigenvalue weighted by Crippen LogP contribution is -2.53. The number of nitrogens with two attached hydrogens (primary N) is 1. The highest BCUT2D eigenvalue weighted by Gasteiger charge is 2.42. The maximum Gasteiger partial charge on any atom is 0.225 e. The van der Waals surface area contributed by atoms with Crippen LogP contribution >= 0.6 is 0 Å². The van der Waals surface area contributed by atoms with Gasteiger partial charge in [0.1, 0.15) is 0 Å². The Hall–Kier alpha value is -2.69. The molecule has 1 saturated heterocycles. The van der Waals surface area contributed by atoms with Gasteiger partial charge < -0.3 is 10.6 Å². The van der Waals surface area contributed by atoms with E-state index in [-0.39, 0.29) is 11.8 Å². The van der Waals surface area contributed by atoms with E-state index in [0.717, 1.165) is 36.0 Å². The van der Waals surface area contributed by atoms with Crippen LogP contribution in [0.1, 0.15) is 38.2 Å². The minimum atomic E-state index is -0.699. The van der Waals surface area contributed by atoms with Gasteiger partial charge in [-0.2, -0.15) is 0 Å². The molecule has 2 N–H and O–H groups in total. The molecule has 0 saturated carbocycles. The molecule has 0 radical (unpaired) electrons. The van der Waals surface area contributed by atoms with E-state index in [1.165, 1.54) is 0 Å². The summed E-state index contributed by atoms with van der Waals surface area (Å²) >= 11 is 0. The summed E-state index contributed by atoms with van der Waals surface area (Å²) in [4.78, 5) is 30.8. The summed E-state index contributed by atoms with van der Waals surface area (Å²) in [6, 6.07) is 12.1. The zero-order valence-electron chi connectivity index (χ0n) is 15.9. The van der Waals surface area contributed by atoms with Gasteiger partial charge in [-0.25, -0.2) is 0 Å². The molecule has 142 valence electrons. The fourth-order valence-corrected chi connectivity index (χ4v) is 3.93. The maximum absolute atomic E-state index is 12.4. The van der Waals surface area contributed by atoms with Gasteiger partial charge in [-0.15, -0.1) is 0 Å². The van der Waals surface area contributed by atoms with Gasteiger partial charge in [0.25, 0.3) is 0 Å². The van der Waals surface area contributed by atoms with Crippen LogP contribution in [-0.2, 0) is 16.0 Å². The minimum absolute atomic E-state index is 0.118. The van der Waals surface area contributed by atoms with E-state index in [1.807, 2.05) is 48.4 Å². The Kier molecular flexibility index (Phi) is 5.89. The number of pyridine rings is 1. The van der Waals surface area contributed by atoms with Gasteiger partial charge in [0, 0.05) is 31.9 Å². The highest BCUT2D eigenvalue weighted by molar-refractivity contribution is 5.83. The molecule has 1 unspecified atom stereocenters. The average Bonchev–Trinajstić information content (AvgIpc) is 2.69. The van der Waals surface area contributed by atoms with Gasteiger partial charge in [0.05, 0.1) is 5.41 Å². The monoisotopic (exact) mass is 365 g/mol. The predicted octanol–water partition coefficient (Wildman–Crippen LogP) is 3.19. The van der Waals surface area contributed by atoms with Crippen LogP contribution in [0.4, 0.5) is 0 Å². The number of carbonyl (C=O) groups excluding carboxylic acids is 2. The molecule has 0 bridgehead atoms. The van der Waals surface area contributed by atoms with E-state index < -0.39 is 5.41 Å². The van der Waals surface area contributed by atoms with Gasteiger partial charge >= 0.3 is 0 Å². The lowest BCUT2D eigenvalue weighted by molar-refractivity contribution is -0.140. The number of primary amides is 1. The second-order valence-electron chi connectivity index (χ2n) is 7.43. The van der Waals surface area contributed by atoms with Gasteiger partial charge in [0.2, 0.25) is 11.8 Å². The largest absolute Gasteiger partial charge is 0.369 e. The summed E-state index contributed by atoms with van der Waals surface area (Å²) in [5, 5.41) is 0. The first-order chi connectivity index (χ1) is 13.0. The molecule has 5 nitrogen and oxygen atoms in total. The Balaban J connectivity index is 1.84. The van der Waals surface area contributed by atoms with E-state index >= 15 is 0 Å². The molecule has 0 aliphatic carbocycles. The minimum Gasteiger partial charge on any atom is -0.369 e. The second kappa shape index (κ2) is 8.33. The number of benzene rings is 1. The first-order valence-corrected chi connectivity index (χ1v) is 9.61. The molecule has 1 aromatic carbocycles. The normalized spacial score (nSPS) is 19.7. The molecule has 1 fully saturated rings. The third kappa shape index (κ3) is 4.35. The number of aromatic nitrogens is 1. The fraction of sp³-hybridized carbons (Fsp3) is 0.409. The van der Waals surface area contributed by atoms with E-state index in [2.05, 4.69) is 11.1 Å². The molecule has 1 aromatic heterocycles. The first-order valence-electron chi connectivity index (χ1n) is 9.61. The molecular formula is C22H27N3O2. The Morgan fingerprint density at radius 3 is 2.74 bits per heavy atom. The number of likely N-dealkylation sites (tertiary alicyclic amines) is 1. The predicted molar refractivity (Wildman–Crippen MR) is 106 cm³/mol. The topological polar surface area (TPSA) is 76.3 Å². The average molecular weight is 365 g/mol. The van der Waals surface area contributed by atoms with Crippen LogP contribution in [0.2, 0.25) is 0 Å². The lowest BCUT2D eigenvalue weighted by atomic mass is 9.74. The van der Waals surface area contributed by atoms with Crippen molar-refractivity contribution in [2.75, 3.05) is 13.1 Å². The summed E-state index contributed by atoms with van der Waals surface area (Å²) in [5.41, 5.74) is 8.31. The molecule has 5 heteroatoms. The number of piperidine rings is 1. The van der Waals surface area contributed by atoms with Gasteiger partial charge in [0.15, 0.2) is 0 Å². The van der Waals surface area contributed by atoms with Crippen molar-refractivity contribution in [1.29, 1.82) is 0 Å². The zero-order valence-corrected chi connectivity index (χ0v) is 15.9. The van der Waals surface area contributed by atoms with E-state index in [9.17, 15) is 9.59 Å². The molecular weight excluding hydrogens is 338 g/mol. The SMILES string of the molecule is CCCC(=O)N1CCCC(Cc2cccc(-c3cccnc3)c2)(C(N)=O)C1. The van der Waals surface area contributed by atoms with E-state index in [0.29, 0.717) is 25.9 Å². The summed E-state index contributed by atoms with van der Waals surface area (Å²) in [5.74, 6) is -0.199. The highest BCUT2D eigenvalue weighted by atomic mass is 16.2. The summed E-state index contributed by atoms with van der Waals surface area (Å²) in [7, 11) is 0. The molecule has 2 amide bonds. The fourth-order valence-electron chi connectivity index (χ4n) is 3.93. The Morgan fingerprint density at radius 2 is 2.04 bits per heavy atom. The highest BCUT2D eigenvalue weighted by Crippen LogP contribution is 2.35. The lowest BCUT2D eigenvalue weighted by Gasteiger charge is -2.41. The van der Waals surface area contributed by atoms with Crippen molar-refractivity contribution in [3.05, 3.63) is 54.4 Å². The number of carbonyl (C=O) groups is 2. The van der Waals surface area contributed by atoms with Crippen LogP contribution in [0.25, 0.3) is 11.1 Å². The number of nitrogens with zero attached hydrogens (tertiary/aromatic N) is 2. The van der Waals surface area contributed by atoms with Crippen molar-refractivity contribution >= 4 is 11.8 Å². The Labute approximate surface area is 160 Å². The van der Waals surface area contributed by atoms with Crippen LogP contribution in [0, 0.1) is 5.41 Å². The molecule has 0 spiro atoms. The molecule has 1 aliphatic rings. The molecule has 27 heavy (non-hydrogen) atoms. The zero-order chi connectivity index (χ0) is 19.3. The summed E-state index contributed by atoms with van der Waals surface area (Å²) in [6.45, 7) is 3.12. The number of amides is 2. The van der Waals surface area contributed by atoms with E-state index in [4.69, 9.17) is 5.73 Å². The molecule has 2 heterocycles. The number of hydrogen-bond acceptors (Lipinski definition) is 3. The van der Waals surface area contributed by atoms with Crippen LogP contribution in [0.3, 0.4) is 0 Å². The smallest absolute Gasteiger partial charge is 0.225 e. The summed E-state index contributed by atoms with van der Waals surface area (Å²) < 4.78 is 0. The Morgan fingerprint density at radius 1 is 1.22 bits per heavy atom. The quantitative estimate of drug-likeness (QED) is 0.854. The van der Waals surface area contributed by atoms with Gasteiger partial charge in [-0.05, 0) is 48.4 Å². The number of rotatable bonds is 6. The third-order valence-electron chi connectivity index (χ3n) is 5.38. The van der Waals surface area contributed by atoms with E-state index in [1.54, 1.807) is 6.20 Å². The van der Waals surface area contributed by atoms with Crippen molar-refractivity contribution in [2.45, 2.75) is 39.0 Å². The first kappa shape index (κ1) is 19.1. The van der Waals surface area contributed by atoms with Crippen molar-refractivity contribution in [2.24, 2.45) is 11.1 Å². The maximum atomic E-state index is 12.4. The van der Waals surface area contributed by atoms with Crippen molar-refractivity contribution in [3.8, 4) is 11.1 Å². The van der Waals surface area contributed by atoms with Crippen molar-refractivity contribution in [3.63, 3.8) is 0 Å². The molecule has 1 atom stereocenters. The molecule has 3 rings (SSSR count).